The largest absolute Gasteiger partial charge is 0.367 e. The summed E-state index contributed by atoms with van der Waals surface area (Å²) in [5.74, 6) is 0.0625. The van der Waals surface area contributed by atoms with Gasteiger partial charge in [-0.3, -0.25) is 9.59 Å². The normalized spacial score (nSPS) is 19.7. The van der Waals surface area contributed by atoms with Crippen LogP contribution >= 0.6 is 0 Å². The number of nitrogens with one attached hydrogen (secondary N) is 2. The van der Waals surface area contributed by atoms with E-state index in [0.717, 1.165) is 98.3 Å². The van der Waals surface area contributed by atoms with E-state index in [4.69, 9.17) is 10.7 Å². The molecule has 2 amide bonds. The first-order valence-corrected chi connectivity index (χ1v) is 16.0. The van der Waals surface area contributed by atoms with Gasteiger partial charge in [-0.25, -0.2) is 4.98 Å². The molecule has 224 valence electrons. The van der Waals surface area contributed by atoms with E-state index in [2.05, 4.69) is 37.5 Å². The number of fused-ring (bicyclic) bond motifs is 2. The van der Waals surface area contributed by atoms with E-state index in [9.17, 15) is 9.59 Å². The van der Waals surface area contributed by atoms with Crippen molar-refractivity contribution in [3.8, 4) is 0 Å². The SMILES string of the molecule is NCCC1CCCN1c1c2ccc(NC(=O)CCN3CCCC3)cc2nc2cc(NC(=O)CCN3CCCC3)ccc12. The van der Waals surface area contributed by atoms with Crippen LogP contribution in [0.3, 0.4) is 0 Å². The van der Waals surface area contributed by atoms with Gasteiger partial charge in [0.2, 0.25) is 11.8 Å². The molecule has 0 saturated carbocycles. The van der Waals surface area contributed by atoms with Crippen molar-refractivity contribution in [3.63, 3.8) is 0 Å². The van der Waals surface area contributed by atoms with Gasteiger partial charge >= 0.3 is 0 Å². The summed E-state index contributed by atoms with van der Waals surface area (Å²) in [5, 5.41) is 8.35. The second-order valence-electron chi connectivity index (χ2n) is 12.2. The number of nitrogens with two attached hydrogens (primary N) is 1. The Morgan fingerprint density at radius 3 is 1.79 bits per heavy atom. The highest BCUT2D eigenvalue weighted by Crippen LogP contribution is 2.40. The molecular formula is C33H45N7O2. The standard InChI is InChI=1S/C33H45N7O2/c34-14-11-26-6-5-19-40(26)33-27-9-7-24(35-31(41)12-20-38-15-1-2-16-38)22-29(27)37-30-23-25(8-10-28(30)33)36-32(42)13-21-39-17-3-4-18-39/h7-10,22-23,26H,1-6,11-21,34H2,(H,35,41)(H,36,42). The van der Waals surface area contributed by atoms with Crippen molar-refractivity contribution in [1.29, 1.82) is 0 Å². The van der Waals surface area contributed by atoms with Gasteiger partial charge in [0.25, 0.3) is 0 Å². The summed E-state index contributed by atoms with van der Waals surface area (Å²) in [4.78, 5) is 37.8. The summed E-state index contributed by atoms with van der Waals surface area (Å²) in [5.41, 5.74) is 10.4. The monoisotopic (exact) mass is 571 g/mol. The number of rotatable bonds is 11. The van der Waals surface area contributed by atoms with E-state index in [1.54, 1.807) is 0 Å². The number of nitrogens with zero attached hydrogens (tertiary/aromatic N) is 4. The molecule has 3 aromatic rings. The van der Waals surface area contributed by atoms with Gasteiger partial charge in [-0.15, -0.1) is 0 Å². The molecule has 3 fully saturated rings. The van der Waals surface area contributed by atoms with E-state index >= 15 is 0 Å². The van der Waals surface area contributed by atoms with Crippen LogP contribution in [0.5, 0.6) is 0 Å². The minimum absolute atomic E-state index is 0.0312. The predicted octanol–water partition coefficient (Wildman–Crippen LogP) is 4.55. The first-order chi connectivity index (χ1) is 20.6. The van der Waals surface area contributed by atoms with E-state index in [1.165, 1.54) is 31.4 Å². The number of aromatic nitrogens is 1. The van der Waals surface area contributed by atoms with E-state index < -0.39 is 0 Å². The van der Waals surface area contributed by atoms with Crippen LogP contribution in [-0.2, 0) is 9.59 Å². The Kier molecular flexibility index (Phi) is 9.17. The molecule has 0 bridgehead atoms. The van der Waals surface area contributed by atoms with Crippen molar-refractivity contribution in [2.75, 3.05) is 67.9 Å². The molecule has 4 N–H and O–H groups in total. The Balaban J connectivity index is 1.27. The van der Waals surface area contributed by atoms with Crippen LogP contribution in [0.1, 0.15) is 57.8 Å². The zero-order chi connectivity index (χ0) is 28.9. The van der Waals surface area contributed by atoms with Crippen LogP contribution in [0, 0.1) is 0 Å². The first-order valence-electron chi connectivity index (χ1n) is 16.0. The summed E-state index contributed by atoms with van der Waals surface area (Å²) >= 11 is 0. The van der Waals surface area contributed by atoms with E-state index in [1.807, 2.05) is 24.3 Å². The highest BCUT2D eigenvalue weighted by Gasteiger charge is 2.27. The van der Waals surface area contributed by atoms with Gasteiger partial charge in [0.15, 0.2) is 0 Å². The molecule has 3 saturated heterocycles. The second kappa shape index (κ2) is 13.4. The molecule has 3 aliphatic rings. The lowest BCUT2D eigenvalue weighted by Crippen LogP contribution is -2.31. The van der Waals surface area contributed by atoms with Crippen molar-refractivity contribution in [3.05, 3.63) is 36.4 Å². The molecule has 9 heteroatoms. The number of anilines is 3. The summed E-state index contributed by atoms with van der Waals surface area (Å²) in [6, 6.07) is 12.5. The fourth-order valence-electron chi connectivity index (χ4n) is 6.99. The van der Waals surface area contributed by atoms with Crippen LogP contribution in [0.4, 0.5) is 17.1 Å². The summed E-state index contributed by atoms with van der Waals surface area (Å²) in [7, 11) is 0. The smallest absolute Gasteiger partial charge is 0.225 e. The van der Waals surface area contributed by atoms with Crippen LogP contribution in [-0.4, -0.2) is 85.0 Å². The highest BCUT2D eigenvalue weighted by molar-refractivity contribution is 6.10. The Morgan fingerprint density at radius 1 is 0.762 bits per heavy atom. The maximum atomic E-state index is 12.8. The molecule has 2 aromatic carbocycles. The number of hydrogen-bond acceptors (Lipinski definition) is 7. The van der Waals surface area contributed by atoms with Gasteiger partial charge in [0.1, 0.15) is 0 Å². The molecule has 0 radical (unpaired) electrons. The lowest BCUT2D eigenvalue weighted by atomic mass is 10.0. The van der Waals surface area contributed by atoms with Gasteiger partial charge in [-0.2, -0.15) is 0 Å². The molecule has 4 heterocycles. The van der Waals surface area contributed by atoms with Gasteiger partial charge in [0, 0.05) is 60.7 Å². The molecule has 42 heavy (non-hydrogen) atoms. The molecule has 9 nitrogen and oxygen atoms in total. The number of hydrogen-bond donors (Lipinski definition) is 3. The quantitative estimate of drug-likeness (QED) is 0.290. The second-order valence-corrected chi connectivity index (χ2v) is 12.2. The average Bonchev–Trinajstić information content (AvgIpc) is 3.78. The molecule has 6 rings (SSSR count). The molecule has 1 unspecified atom stereocenters. The Labute approximate surface area is 248 Å². The van der Waals surface area contributed by atoms with Crippen molar-refractivity contribution >= 4 is 50.7 Å². The number of likely N-dealkylation sites (tertiary alicyclic amines) is 2. The maximum Gasteiger partial charge on any atom is 0.225 e. The van der Waals surface area contributed by atoms with Crippen LogP contribution in [0.15, 0.2) is 36.4 Å². The van der Waals surface area contributed by atoms with Crippen molar-refractivity contribution in [1.82, 2.24) is 14.8 Å². The number of pyridine rings is 1. The number of amides is 2. The molecule has 1 atom stereocenters. The summed E-state index contributed by atoms with van der Waals surface area (Å²) < 4.78 is 0. The van der Waals surface area contributed by atoms with Gasteiger partial charge in [0.05, 0.1) is 16.7 Å². The van der Waals surface area contributed by atoms with E-state index in [-0.39, 0.29) is 11.8 Å². The number of carbonyl (C=O) groups is 2. The third kappa shape index (κ3) is 6.69. The third-order valence-corrected chi connectivity index (χ3v) is 9.19. The zero-order valence-electron chi connectivity index (χ0n) is 24.7. The maximum absolute atomic E-state index is 12.8. The number of carbonyl (C=O) groups excluding carboxylic acids is 2. The molecule has 1 aromatic heterocycles. The Bertz CT molecular complexity index is 1320. The lowest BCUT2D eigenvalue weighted by Gasteiger charge is -2.29. The summed E-state index contributed by atoms with van der Waals surface area (Å²) in [6.07, 6.45) is 9.08. The van der Waals surface area contributed by atoms with E-state index in [0.29, 0.717) is 25.4 Å². The molecule has 3 aliphatic heterocycles. The molecule has 0 aliphatic carbocycles. The van der Waals surface area contributed by atoms with Crippen molar-refractivity contribution in [2.45, 2.75) is 63.8 Å². The van der Waals surface area contributed by atoms with Gasteiger partial charge in [-0.05, 0) is 114 Å². The predicted molar refractivity (Wildman–Crippen MR) is 171 cm³/mol. The Morgan fingerprint density at radius 2 is 1.29 bits per heavy atom. The highest BCUT2D eigenvalue weighted by atomic mass is 16.2. The van der Waals surface area contributed by atoms with Crippen LogP contribution in [0.2, 0.25) is 0 Å². The fourth-order valence-corrected chi connectivity index (χ4v) is 6.99. The average molecular weight is 572 g/mol. The van der Waals surface area contributed by atoms with Crippen molar-refractivity contribution < 1.29 is 9.59 Å². The molecule has 0 spiro atoms. The van der Waals surface area contributed by atoms with Crippen LogP contribution in [0.25, 0.3) is 21.8 Å². The zero-order valence-corrected chi connectivity index (χ0v) is 24.7. The topological polar surface area (TPSA) is 107 Å². The third-order valence-electron chi connectivity index (χ3n) is 9.19. The molecular weight excluding hydrogens is 526 g/mol. The minimum Gasteiger partial charge on any atom is -0.367 e. The summed E-state index contributed by atoms with van der Waals surface area (Å²) in [6.45, 7) is 7.59. The number of benzene rings is 2. The van der Waals surface area contributed by atoms with Crippen LogP contribution < -0.4 is 21.3 Å². The lowest BCUT2D eigenvalue weighted by molar-refractivity contribution is -0.117. The Hall–Kier alpha value is -3.27. The van der Waals surface area contributed by atoms with Gasteiger partial charge in [-0.1, -0.05) is 0 Å². The van der Waals surface area contributed by atoms with Gasteiger partial charge < -0.3 is 31.1 Å². The fraction of sp³-hybridized carbons (Fsp3) is 0.545. The first kappa shape index (κ1) is 28.8. The minimum atomic E-state index is 0.0312. The van der Waals surface area contributed by atoms with Crippen molar-refractivity contribution in [2.24, 2.45) is 5.73 Å².